The Bertz CT molecular complexity index is 613. The monoisotopic (exact) mass is 273 g/mol. The number of primary amides is 1. The maximum absolute atomic E-state index is 11.6. The van der Waals surface area contributed by atoms with Crippen LogP contribution in [0.15, 0.2) is 18.5 Å². The molecule has 6 nitrogen and oxygen atoms in total. The minimum Gasteiger partial charge on any atom is -0.381 e. The summed E-state index contributed by atoms with van der Waals surface area (Å²) < 4.78 is 0. The SMILES string of the molecule is NC(=O)c1cnc2[nH]ccc2c1NC1CCCNCC1. The molecule has 0 radical (unpaired) electrons. The first-order valence-electron chi connectivity index (χ1n) is 6.99. The Kier molecular flexibility index (Phi) is 3.56. The van der Waals surface area contributed by atoms with Crippen LogP contribution in [0.2, 0.25) is 0 Å². The van der Waals surface area contributed by atoms with E-state index in [1.165, 1.54) is 0 Å². The lowest BCUT2D eigenvalue weighted by Crippen LogP contribution is -2.24. The van der Waals surface area contributed by atoms with E-state index in [-0.39, 0.29) is 0 Å². The Labute approximate surface area is 117 Å². The molecule has 20 heavy (non-hydrogen) atoms. The van der Waals surface area contributed by atoms with E-state index in [1.54, 1.807) is 6.20 Å². The Morgan fingerprint density at radius 3 is 3.15 bits per heavy atom. The number of nitrogens with one attached hydrogen (secondary N) is 3. The van der Waals surface area contributed by atoms with Crippen molar-refractivity contribution in [2.45, 2.75) is 25.3 Å². The van der Waals surface area contributed by atoms with E-state index in [0.717, 1.165) is 49.1 Å². The Balaban J connectivity index is 1.96. The van der Waals surface area contributed by atoms with Gasteiger partial charge in [-0.3, -0.25) is 4.79 Å². The second kappa shape index (κ2) is 5.50. The summed E-state index contributed by atoms with van der Waals surface area (Å²) in [4.78, 5) is 18.9. The number of hydrogen-bond donors (Lipinski definition) is 4. The minimum absolute atomic E-state index is 0.351. The molecular formula is C14H19N5O. The molecule has 1 aliphatic rings. The molecule has 0 aromatic carbocycles. The van der Waals surface area contributed by atoms with E-state index in [2.05, 4.69) is 20.6 Å². The van der Waals surface area contributed by atoms with Gasteiger partial charge in [0.25, 0.3) is 5.91 Å². The quantitative estimate of drug-likeness (QED) is 0.676. The topological polar surface area (TPSA) is 95.8 Å². The van der Waals surface area contributed by atoms with Gasteiger partial charge in [-0.15, -0.1) is 0 Å². The number of hydrogen-bond acceptors (Lipinski definition) is 4. The largest absolute Gasteiger partial charge is 0.381 e. The molecule has 3 rings (SSSR count). The number of aromatic nitrogens is 2. The van der Waals surface area contributed by atoms with E-state index in [4.69, 9.17) is 5.73 Å². The van der Waals surface area contributed by atoms with Gasteiger partial charge >= 0.3 is 0 Å². The van der Waals surface area contributed by atoms with Crippen molar-refractivity contribution < 1.29 is 4.79 Å². The molecule has 1 aliphatic heterocycles. The van der Waals surface area contributed by atoms with Gasteiger partial charge in [0.1, 0.15) is 5.65 Å². The van der Waals surface area contributed by atoms with Crippen molar-refractivity contribution >= 4 is 22.6 Å². The molecule has 2 aromatic heterocycles. The lowest BCUT2D eigenvalue weighted by atomic mass is 10.1. The zero-order valence-corrected chi connectivity index (χ0v) is 11.3. The lowest BCUT2D eigenvalue weighted by Gasteiger charge is -2.19. The molecular weight excluding hydrogens is 254 g/mol. The molecule has 1 atom stereocenters. The molecule has 0 saturated carbocycles. The number of nitrogens with two attached hydrogens (primary N) is 1. The van der Waals surface area contributed by atoms with Crippen LogP contribution in [0.5, 0.6) is 0 Å². The fourth-order valence-electron chi connectivity index (χ4n) is 2.72. The summed E-state index contributed by atoms with van der Waals surface area (Å²) in [6, 6.07) is 2.27. The molecule has 1 unspecified atom stereocenters. The smallest absolute Gasteiger partial charge is 0.252 e. The molecule has 1 fully saturated rings. The zero-order valence-electron chi connectivity index (χ0n) is 11.3. The highest BCUT2D eigenvalue weighted by Crippen LogP contribution is 2.27. The third kappa shape index (κ3) is 2.46. The van der Waals surface area contributed by atoms with Gasteiger partial charge in [-0.25, -0.2) is 4.98 Å². The van der Waals surface area contributed by atoms with E-state index in [0.29, 0.717) is 11.6 Å². The number of pyridine rings is 1. The van der Waals surface area contributed by atoms with E-state index in [9.17, 15) is 4.79 Å². The van der Waals surface area contributed by atoms with Crippen LogP contribution in [0.1, 0.15) is 29.6 Å². The zero-order chi connectivity index (χ0) is 13.9. The van der Waals surface area contributed by atoms with Crippen LogP contribution in [0, 0.1) is 0 Å². The van der Waals surface area contributed by atoms with Crippen molar-refractivity contribution in [3.63, 3.8) is 0 Å². The van der Waals surface area contributed by atoms with Crippen molar-refractivity contribution in [2.75, 3.05) is 18.4 Å². The first kappa shape index (κ1) is 12.9. The second-order valence-corrected chi connectivity index (χ2v) is 5.17. The van der Waals surface area contributed by atoms with Crippen LogP contribution < -0.4 is 16.4 Å². The van der Waals surface area contributed by atoms with Gasteiger partial charge in [-0.05, 0) is 38.4 Å². The fraction of sp³-hybridized carbons (Fsp3) is 0.429. The molecule has 3 heterocycles. The van der Waals surface area contributed by atoms with Crippen molar-refractivity contribution in [2.24, 2.45) is 5.73 Å². The highest BCUT2D eigenvalue weighted by atomic mass is 16.1. The van der Waals surface area contributed by atoms with Gasteiger partial charge in [0.15, 0.2) is 0 Å². The molecule has 0 spiro atoms. The van der Waals surface area contributed by atoms with Crippen LogP contribution in [0.3, 0.4) is 0 Å². The predicted octanol–water partition coefficient (Wildman–Crippen LogP) is 1.22. The van der Waals surface area contributed by atoms with E-state index < -0.39 is 5.91 Å². The van der Waals surface area contributed by atoms with Gasteiger partial charge in [-0.2, -0.15) is 0 Å². The standard InChI is InChI=1S/C14H19N5O/c15-13(20)11-8-18-14-10(4-7-17-14)12(11)19-9-2-1-5-16-6-3-9/h4,7-9,16H,1-3,5-6H2,(H2,15,20)(H2,17,18,19). The van der Waals surface area contributed by atoms with E-state index in [1.807, 2.05) is 12.3 Å². The van der Waals surface area contributed by atoms with Gasteiger partial charge in [0, 0.05) is 23.8 Å². The summed E-state index contributed by atoms with van der Waals surface area (Å²) in [5.41, 5.74) is 7.49. The lowest BCUT2D eigenvalue weighted by molar-refractivity contribution is 0.100. The Morgan fingerprint density at radius 1 is 1.40 bits per heavy atom. The summed E-state index contributed by atoms with van der Waals surface area (Å²) >= 11 is 0. The third-order valence-corrected chi connectivity index (χ3v) is 3.78. The van der Waals surface area contributed by atoms with Crippen molar-refractivity contribution in [1.29, 1.82) is 0 Å². The highest BCUT2D eigenvalue weighted by molar-refractivity contribution is 6.05. The number of carbonyl (C=O) groups is 1. The Hall–Kier alpha value is -2.08. The van der Waals surface area contributed by atoms with Crippen LogP contribution in [-0.4, -0.2) is 35.0 Å². The number of rotatable bonds is 3. The molecule has 0 bridgehead atoms. The maximum Gasteiger partial charge on any atom is 0.252 e. The molecule has 5 N–H and O–H groups in total. The summed E-state index contributed by atoms with van der Waals surface area (Å²) in [7, 11) is 0. The number of amides is 1. The van der Waals surface area contributed by atoms with Gasteiger partial charge in [-0.1, -0.05) is 0 Å². The normalized spacial score (nSPS) is 19.7. The van der Waals surface area contributed by atoms with Crippen LogP contribution in [-0.2, 0) is 0 Å². The first-order valence-corrected chi connectivity index (χ1v) is 6.99. The van der Waals surface area contributed by atoms with Gasteiger partial charge < -0.3 is 21.4 Å². The number of H-pyrrole nitrogens is 1. The summed E-state index contributed by atoms with van der Waals surface area (Å²) in [5.74, 6) is -0.449. The first-order chi connectivity index (χ1) is 9.75. The Morgan fingerprint density at radius 2 is 2.30 bits per heavy atom. The average molecular weight is 273 g/mol. The van der Waals surface area contributed by atoms with Crippen LogP contribution >= 0.6 is 0 Å². The number of anilines is 1. The predicted molar refractivity (Wildman–Crippen MR) is 78.7 cm³/mol. The summed E-state index contributed by atoms with van der Waals surface area (Å²) in [6.45, 7) is 2.04. The number of fused-ring (bicyclic) bond motifs is 1. The highest BCUT2D eigenvalue weighted by Gasteiger charge is 2.18. The maximum atomic E-state index is 11.6. The van der Waals surface area contributed by atoms with E-state index >= 15 is 0 Å². The van der Waals surface area contributed by atoms with Crippen LogP contribution in [0.4, 0.5) is 5.69 Å². The molecule has 0 aliphatic carbocycles. The summed E-state index contributed by atoms with van der Waals surface area (Å²) in [5, 5.41) is 7.80. The molecule has 6 heteroatoms. The number of aromatic amines is 1. The fourth-order valence-corrected chi connectivity index (χ4v) is 2.72. The van der Waals surface area contributed by atoms with Crippen molar-refractivity contribution in [1.82, 2.24) is 15.3 Å². The molecule has 2 aromatic rings. The van der Waals surface area contributed by atoms with Gasteiger partial charge in [0.2, 0.25) is 0 Å². The summed E-state index contributed by atoms with van der Waals surface area (Å²) in [6.07, 6.45) is 6.61. The molecule has 106 valence electrons. The minimum atomic E-state index is -0.449. The number of nitrogens with zero attached hydrogens (tertiary/aromatic N) is 1. The van der Waals surface area contributed by atoms with Crippen molar-refractivity contribution in [3.05, 3.63) is 24.0 Å². The molecule has 1 amide bonds. The number of carbonyl (C=O) groups excluding carboxylic acids is 1. The van der Waals surface area contributed by atoms with Crippen molar-refractivity contribution in [3.8, 4) is 0 Å². The average Bonchev–Trinajstić information content (AvgIpc) is 2.77. The molecule has 1 saturated heterocycles. The second-order valence-electron chi connectivity index (χ2n) is 5.17. The van der Waals surface area contributed by atoms with Crippen LogP contribution in [0.25, 0.3) is 11.0 Å². The third-order valence-electron chi connectivity index (χ3n) is 3.78. The van der Waals surface area contributed by atoms with Gasteiger partial charge in [0.05, 0.1) is 11.3 Å².